The van der Waals surface area contributed by atoms with Crippen LogP contribution < -0.4 is 4.74 Å². The Morgan fingerprint density at radius 2 is 2.26 bits per heavy atom. The highest BCUT2D eigenvalue weighted by Gasteiger charge is 2.27. The molecule has 1 aliphatic rings. The van der Waals surface area contributed by atoms with Gasteiger partial charge in [-0.3, -0.25) is 9.69 Å². The van der Waals surface area contributed by atoms with E-state index in [2.05, 4.69) is 18.7 Å². The average Bonchev–Trinajstić information content (AvgIpc) is 2.87. The Kier molecular flexibility index (Phi) is 4.59. The first kappa shape index (κ1) is 14.1. The number of rotatable bonds is 5. The zero-order valence-corrected chi connectivity index (χ0v) is 12.1. The summed E-state index contributed by atoms with van der Waals surface area (Å²) in [7, 11) is 1.68. The molecule has 1 fully saturated rings. The molecule has 0 radical (unpaired) electrons. The fourth-order valence-electron chi connectivity index (χ4n) is 3.02. The Morgan fingerprint density at radius 3 is 2.89 bits per heavy atom. The van der Waals surface area contributed by atoms with Crippen molar-refractivity contribution in [2.24, 2.45) is 5.92 Å². The van der Waals surface area contributed by atoms with Crippen molar-refractivity contribution in [1.82, 2.24) is 4.90 Å². The number of carbonyl (C=O) groups is 1. The predicted octanol–water partition coefficient (Wildman–Crippen LogP) is 3.13. The maximum Gasteiger partial charge on any atom is 0.150 e. The van der Waals surface area contributed by atoms with Crippen molar-refractivity contribution in [2.75, 3.05) is 13.7 Å². The summed E-state index contributed by atoms with van der Waals surface area (Å²) in [5.74, 6) is 1.54. The highest BCUT2D eigenvalue weighted by atomic mass is 16.5. The lowest BCUT2D eigenvalue weighted by Gasteiger charge is -2.28. The molecular weight excluding hydrogens is 238 g/mol. The number of ether oxygens (including phenoxy) is 1. The lowest BCUT2D eigenvalue weighted by molar-refractivity contribution is 0.112. The summed E-state index contributed by atoms with van der Waals surface area (Å²) >= 11 is 0. The van der Waals surface area contributed by atoms with Crippen LogP contribution in [0.1, 0.15) is 42.6 Å². The van der Waals surface area contributed by atoms with E-state index in [0.717, 1.165) is 36.3 Å². The Balaban J connectivity index is 2.19. The molecular formula is C16H23NO2. The maximum absolute atomic E-state index is 10.9. The van der Waals surface area contributed by atoms with Gasteiger partial charge in [0.05, 0.1) is 7.11 Å². The van der Waals surface area contributed by atoms with Gasteiger partial charge in [-0.2, -0.15) is 0 Å². The summed E-state index contributed by atoms with van der Waals surface area (Å²) in [5.41, 5.74) is 1.83. The molecule has 1 aromatic rings. The molecule has 1 aromatic carbocycles. The van der Waals surface area contributed by atoms with Crippen LogP contribution in [0, 0.1) is 5.92 Å². The third-order valence-electron chi connectivity index (χ3n) is 4.00. The number of hydrogen-bond acceptors (Lipinski definition) is 3. The number of carbonyl (C=O) groups excluding carboxylic acids is 1. The van der Waals surface area contributed by atoms with Gasteiger partial charge in [-0.15, -0.1) is 0 Å². The molecule has 0 amide bonds. The molecule has 0 aliphatic carbocycles. The second kappa shape index (κ2) is 6.20. The van der Waals surface area contributed by atoms with Gasteiger partial charge in [0.2, 0.25) is 0 Å². The smallest absolute Gasteiger partial charge is 0.150 e. The molecule has 0 N–H and O–H groups in total. The summed E-state index contributed by atoms with van der Waals surface area (Å²) in [6, 6.07) is 6.28. The first-order chi connectivity index (χ1) is 9.15. The molecule has 0 aromatic heterocycles. The van der Waals surface area contributed by atoms with Gasteiger partial charge in [-0.1, -0.05) is 13.8 Å². The zero-order valence-electron chi connectivity index (χ0n) is 12.1. The van der Waals surface area contributed by atoms with Crippen molar-refractivity contribution in [3.63, 3.8) is 0 Å². The quantitative estimate of drug-likeness (QED) is 0.763. The molecule has 0 saturated carbocycles. The number of aldehydes is 1. The van der Waals surface area contributed by atoms with E-state index in [0.29, 0.717) is 12.0 Å². The molecule has 0 bridgehead atoms. The molecule has 3 nitrogen and oxygen atoms in total. The number of benzene rings is 1. The van der Waals surface area contributed by atoms with Crippen LogP contribution in [0.5, 0.6) is 5.75 Å². The van der Waals surface area contributed by atoms with Crippen LogP contribution in [0.25, 0.3) is 0 Å². The van der Waals surface area contributed by atoms with E-state index in [4.69, 9.17) is 4.74 Å². The van der Waals surface area contributed by atoms with Crippen LogP contribution in [-0.2, 0) is 6.54 Å². The predicted molar refractivity (Wildman–Crippen MR) is 76.7 cm³/mol. The number of methoxy groups -OCH3 is 1. The van der Waals surface area contributed by atoms with Crippen molar-refractivity contribution in [3.05, 3.63) is 29.3 Å². The van der Waals surface area contributed by atoms with Crippen LogP contribution in [0.2, 0.25) is 0 Å². The highest BCUT2D eigenvalue weighted by molar-refractivity contribution is 5.75. The van der Waals surface area contributed by atoms with Crippen LogP contribution in [-0.4, -0.2) is 30.9 Å². The molecule has 1 atom stereocenters. The fourth-order valence-corrected chi connectivity index (χ4v) is 3.02. The largest absolute Gasteiger partial charge is 0.496 e. The van der Waals surface area contributed by atoms with E-state index in [9.17, 15) is 4.79 Å². The molecule has 104 valence electrons. The van der Waals surface area contributed by atoms with Gasteiger partial charge in [-0.05, 0) is 43.5 Å². The van der Waals surface area contributed by atoms with Gasteiger partial charge < -0.3 is 4.74 Å². The molecule has 1 unspecified atom stereocenters. The summed E-state index contributed by atoms with van der Waals surface area (Å²) in [5, 5.41) is 0. The second-order valence-electron chi connectivity index (χ2n) is 5.61. The molecule has 2 rings (SSSR count). The minimum atomic E-state index is 0.643. The van der Waals surface area contributed by atoms with E-state index < -0.39 is 0 Å². The summed E-state index contributed by atoms with van der Waals surface area (Å²) in [6.07, 6.45) is 3.43. The van der Waals surface area contributed by atoms with Crippen LogP contribution >= 0.6 is 0 Å². The summed E-state index contributed by atoms with van der Waals surface area (Å²) in [4.78, 5) is 13.4. The van der Waals surface area contributed by atoms with E-state index in [1.807, 2.05) is 12.1 Å². The monoisotopic (exact) mass is 261 g/mol. The Morgan fingerprint density at radius 1 is 1.47 bits per heavy atom. The standard InChI is InChI=1S/C16H23NO2/c1-12(2)15-5-4-8-17(15)10-14-9-13(11-18)6-7-16(14)19-3/h6-7,9,11-12,15H,4-5,8,10H2,1-3H3. The second-order valence-corrected chi connectivity index (χ2v) is 5.61. The highest BCUT2D eigenvalue weighted by Crippen LogP contribution is 2.28. The Bertz CT molecular complexity index is 442. The SMILES string of the molecule is COc1ccc(C=O)cc1CN1CCCC1C(C)C. The van der Waals surface area contributed by atoms with E-state index in [1.165, 1.54) is 12.8 Å². The molecule has 19 heavy (non-hydrogen) atoms. The fraction of sp³-hybridized carbons (Fsp3) is 0.562. The molecule has 0 spiro atoms. The summed E-state index contributed by atoms with van der Waals surface area (Å²) < 4.78 is 5.41. The van der Waals surface area contributed by atoms with Gasteiger partial charge in [0.25, 0.3) is 0 Å². The minimum Gasteiger partial charge on any atom is -0.496 e. The van der Waals surface area contributed by atoms with Gasteiger partial charge in [0.1, 0.15) is 12.0 Å². The van der Waals surface area contributed by atoms with E-state index in [-0.39, 0.29) is 0 Å². The Hall–Kier alpha value is -1.35. The van der Waals surface area contributed by atoms with E-state index in [1.54, 1.807) is 13.2 Å². The topological polar surface area (TPSA) is 29.5 Å². The first-order valence-electron chi connectivity index (χ1n) is 7.02. The third kappa shape index (κ3) is 3.16. The molecule has 1 heterocycles. The van der Waals surface area contributed by atoms with Gasteiger partial charge >= 0.3 is 0 Å². The first-order valence-corrected chi connectivity index (χ1v) is 7.02. The average molecular weight is 261 g/mol. The lowest BCUT2D eigenvalue weighted by atomic mass is 10.0. The number of likely N-dealkylation sites (tertiary alicyclic amines) is 1. The van der Waals surface area contributed by atoms with Crippen LogP contribution in [0.4, 0.5) is 0 Å². The zero-order chi connectivity index (χ0) is 13.8. The van der Waals surface area contributed by atoms with Crippen LogP contribution in [0.3, 0.4) is 0 Å². The van der Waals surface area contributed by atoms with Crippen LogP contribution in [0.15, 0.2) is 18.2 Å². The third-order valence-corrected chi connectivity index (χ3v) is 4.00. The van der Waals surface area contributed by atoms with Gasteiger partial charge in [0, 0.05) is 23.7 Å². The number of nitrogens with zero attached hydrogens (tertiary/aromatic N) is 1. The van der Waals surface area contributed by atoms with E-state index >= 15 is 0 Å². The van der Waals surface area contributed by atoms with Crippen molar-refractivity contribution in [1.29, 1.82) is 0 Å². The van der Waals surface area contributed by atoms with Crippen molar-refractivity contribution < 1.29 is 9.53 Å². The van der Waals surface area contributed by atoms with Gasteiger partial charge in [-0.25, -0.2) is 0 Å². The van der Waals surface area contributed by atoms with Gasteiger partial charge in [0.15, 0.2) is 0 Å². The number of hydrogen-bond donors (Lipinski definition) is 0. The minimum absolute atomic E-state index is 0.643. The van der Waals surface area contributed by atoms with Crippen molar-refractivity contribution in [3.8, 4) is 5.75 Å². The lowest BCUT2D eigenvalue weighted by Crippen LogP contribution is -2.33. The van der Waals surface area contributed by atoms with Crippen molar-refractivity contribution in [2.45, 2.75) is 39.3 Å². The Labute approximate surface area is 115 Å². The molecule has 1 saturated heterocycles. The molecule has 3 heteroatoms. The normalized spacial score (nSPS) is 19.9. The summed E-state index contributed by atoms with van der Waals surface area (Å²) in [6.45, 7) is 6.56. The van der Waals surface area contributed by atoms with Crippen molar-refractivity contribution >= 4 is 6.29 Å². The molecule has 1 aliphatic heterocycles. The maximum atomic E-state index is 10.9.